The number of nitro groups is 1. The van der Waals surface area contributed by atoms with Crippen LogP contribution in [-0.2, 0) is 6.42 Å². The van der Waals surface area contributed by atoms with E-state index < -0.39 is 22.4 Å². The molecule has 3 aromatic carbocycles. The maximum absolute atomic E-state index is 14.0. The summed E-state index contributed by atoms with van der Waals surface area (Å²) in [4.78, 5) is 30.4. The zero-order valence-electron chi connectivity index (χ0n) is 21.4. The summed E-state index contributed by atoms with van der Waals surface area (Å²) in [6.45, 7) is 0. The van der Waals surface area contributed by atoms with E-state index in [1.54, 1.807) is 30.9 Å². The lowest BCUT2D eigenvalue weighted by Gasteiger charge is -2.31. The van der Waals surface area contributed by atoms with Crippen LogP contribution >= 0.6 is 33.9 Å². The van der Waals surface area contributed by atoms with E-state index in [1.807, 2.05) is 52.9 Å². The number of fused-ring (bicyclic) bond motifs is 3. The average molecular weight is 667 g/mol. The minimum Gasteiger partial charge on any atom is -0.501 e. The van der Waals surface area contributed by atoms with Crippen molar-refractivity contribution < 1.29 is 19.5 Å². The molecule has 0 fully saturated rings. The van der Waals surface area contributed by atoms with E-state index in [4.69, 9.17) is 14.5 Å². The molecule has 11 heteroatoms. The second-order valence-corrected chi connectivity index (χ2v) is 11.5. The summed E-state index contributed by atoms with van der Waals surface area (Å²) in [7, 11) is 3.15. The van der Waals surface area contributed by atoms with Gasteiger partial charge in [0.05, 0.1) is 39.0 Å². The molecule has 2 heterocycles. The van der Waals surface area contributed by atoms with Crippen LogP contribution in [-0.4, -0.2) is 28.8 Å². The lowest BCUT2D eigenvalue weighted by atomic mass is 9.83. The van der Waals surface area contributed by atoms with E-state index in [1.165, 1.54) is 23.0 Å². The number of nitro benzene ring substituents is 1. The van der Waals surface area contributed by atoms with E-state index >= 15 is 0 Å². The van der Waals surface area contributed by atoms with Crippen molar-refractivity contribution in [1.29, 1.82) is 0 Å². The first kappa shape index (κ1) is 26.3. The number of aromatic nitrogens is 1. The molecule has 0 saturated carbocycles. The topological polar surface area (TPSA) is 116 Å². The van der Waals surface area contributed by atoms with Gasteiger partial charge in [0.2, 0.25) is 5.75 Å². The summed E-state index contributed by atoms with van der Waals surface area (Å²) >= 11 is 3.07. The van der Waals surface area contributed by atoms with Crippen LogP contribution in [0.2, 0.25) is 0 Å². The van der Waals surface area contributed by atoms with Crippen LogP contribution in [0.4, 0.5) is 5.69 Å². The Labute approximate surface area is 245 Å². The number of allylic oxidation sites excluding steroid dienone is 1. The van der Waals surface area contributed by atoms with Crippen LogP contribution < -0.4 is 24.4 Å². The monoisotopic (exact) mass is 667 g/mol. The number of rotatable bonds is 5. The number of nitrogens with zero attached hydrogens (tertiary/aromatic N) is 3. The summed E-state index contributed by atoms with van der Waals surface area (Å²) in [6.07, 6.45) is 3.18. The highest BCUT2D eigenvalue weighted by atomic mass is 127. The highest BCUT2D eigenvalue weighted by molar-refractivity contribution is 14.1. The van der Waals surface area contributed by atoms with Crippen LogP contribution in [0.1, 0.15) is 34.7 Å². The number of methoxy groups -OCH3 is 2. The largest absolute Gasteiger partial charge is 0.501 e. The Kier molecular flexibility index (Phi) is 6.70. The number of aryl methyl sites for hydroxylation is 1. The molecule has 4 aromatic rings. The third-order valence-corrected chi connectivity index (χ3v) is 8.96. The Morgan fingerprint density at radius 3 is 2.65 bits per heavy atom. The number of hydrogen-bond donors (Lipinski definition) is 1. The van der Waals surface area contributed by atoms with Gasteiger partial charge in [-0.25, -0.2) is 4.99 Å². The normalized spacial score (nSPS) is 16.1. The first-order chi connectivity index (χ1) is 19.3. The van der Waals surface area contributed by atoms with Crippen LogP contribution in [0.3, 0.4) is 0 Å². The van der Waals surface area contributed by atoms with E-state index in [0.29, 0.717) is 30.0 Å². The molecule has 1 N–H and O–H groups in total. The van der Waals surface area contributed by atoms with Gasteiger partial charge < -0.3 is 14.6 Å². The summed E-state index contributed by atoms with van der Waals surface area (Å²) in [5, 5.41) is 21.6. The number of benzene rings is 3. The summed E-state index contributed by atoms with van der Waals surface area (Å²) in [5.74, 6) is 0.748. The Hall–Kier alpha value is -3.97. The fourth-order valence-corrected chi connectivity index (χ4v) is 6.96. The van der Waals surface area contributed by atoms with Gasteiger partial charge in [0.15, 0.2) is 16.3 Å². The summed E-state index contributed by atoms with van der Waals surface area (Å²) < 4.78 is 13.4. The number of phenols is 1. The molecule has 0 amide bonds. The number of aromatic hydroxyl groups is 1. The fourth-order valence-electron chi connectivity index (χ4n) is 5.32. The molecule has 0 spiro atoms. The standard InChI is InChI=1S/C29H22IN3O6S/c1-38-22-10-8-17(14-23(22)39-2)26-19-9-7-16-5-3-4-6-18(16)25(19)31-29-32(26)28(35)24(40-29)13-15-11-20(30)27(34)21(12-15)33(36)37/h3-6,8,10-14,26,34H,7,9H2,1-2H3. The minimum absolute atomic E-state index is 0.250. The van der Waals surface area contributed by atoms with Gasteiger partial charge in [-0.1, -0.05) is 41.7 Å². The predicted octanol–water partition coefficient (Wildman–Crippen LogP) is 4.55. The molecule has 9 nitrogen and oxygen atoms in total. The van der Waals surface area contributed by atoms with Crippen LogP contribution in [0.25, 0.3) is 11.8 Å². The molecule has 202 valence electrons. The van der Waals surface area contributed by atoms with E-state index in [0.717, 1.165) is 35.2 Å². The van der Waals surface area contributed by atoms with Gasteiger partial charge in [0, 0.05) is 11.6 Å². The molecule has 1 aromatic heterocycles. The Bertz CT molecular complexity index is 1930. The molecule has 2 aliphatic rings. The van der Waals surface area contributed by atoms with Crippen molar-refractivity contribution in [3.8, 4) is 17.2 Å². The molecule has 0 saturated heterocycles. The van der Waals surface area contributed by atoms with Gasteiger partial charge >= 0.3 is 5.69 Å². The van der Waals surface area contributed by atoms with Crippen molar-refractivity contribution >= 4 is 51.4 Å². The molecule has 1 aliphatic carbocycles. The number of ether oxygens (including phenoxy) is 2. The van der Waals surface area contributed by atoms with Crippen molar-refractivity contribution in [1.82, 2.24) is 4.57 Å². The van der Waals surface area contributed by atoms with Gasteiger partial charge in [0.25, 0.3) is 5.56 Å². The second kappa shape index (κ2) is 10.2. The summed E-state index contributed by atoms with van der Waals surface area (Å²) in [5.41, 5.74) is 4.81. The predicted molar refractivity (Wildman–Crippen MR) is 160 cm³/mol. The molecule has 1 aliphatic heterocycles. The lowest BCUT2D eigenvalue weighted by Crippen LogP contribution is -2.38. The van der Waals surface area contributed by atoms with Crippen LogP contribution in [0.5, 0.6) is 17.2 Å². The third kappa shape index (κ3) is 4.29. The zero-order chi connectivity index (χ0) is 28.1. The zero-order valence-corrected chi connectivity index (χ0v) is 24.4. The fraction of sp³-hybridized carbons (Fsp3) is 0.172. The Morgan fingerprint density at radius 2 is 1.90 bits per heavy atom. The molecule has 0 bridgehead atoms. The molecular weight excluding hydrogens is 645 g/mol. The molecule has 6 rings (SSSR count). The van der Waals surface area contributed by atoms with Gasteiger partial charge in [0.1, 0.15) is 0 Å². The van der Waals surface area contributed by atoms with E-state index in [2.05, 4.69) is 12.1 Å². The van der Waals surface area contributed by atoms with Crippen molar-refractivity contribution in [3.05, 3.63) is 116 Å². The van der Waals surface area contributed by atoms with Crippen molar-refractivity contribution in [3.63, 3.8) is 0 Å². The van der Waals surface area contributed by atoms with Crippen LogP contribution in [0.15, 0.2) is 70.0 Å². The first-order valence-electron chi connectivity index (χ1n) is 12.3. The van der Waals surface area contributed by atoms with E-state index in [9.17, 15) is 20.0 Å². The maximum Gasteiger partial charge on any atom is 0.312 e. The highest BCUT2D eigenvalue weighted by Crippen LogP contribution is 2.43. The molecule has 1 unspecified atom stereocenters. The van der Waals surface area contributed by atoms with Crippen molar-refractivity contribution in [2.75, 3.05) is 14.2 Å². The maximum atomic E-state index is 14.0. The molecular formula is C29H22IN3O6S. The SMILES string of the molecule is COc1ccc(C2C3=C(N=c4sc(=Cc5cc(I)c(O)c([N+](=O)[O-])c5)c(=O)n42)c2ccccc2CC3)cc1OC. The molecule has 40 heavy (non-hydrogen) atoms. The van der Waals surface area contributed by atoms with Crippen LogP contribution in [0, 0.1) is 13.7 Å². The Balaban J connectivity index is 1.61. The minimum atomic E-state index is -0.640. The van der Waals surface area contributed by atoms with Crippen molar-refractivity contribution in [2.45, 2.75) is 18.9 Å². The number of halogens is 1. The van der Waals surface area contributed by atoms with Gasteiger partial charge in [-0.3, -0.25) is 19.5 Å². The van der Waals surface area contributed by atoms with Crippen molar-refractivity contribution in [2.24, 2.45) is 4.99 Å². The quantitative estimate of drug-likeness (QED) is 0.190. The number of thiazole rings is 1. The average Bonchev–Trinajstić information content (AvgIpc) is 3.27. The molecule has 1 atom stereocenters. The molecule has 0 radical (unpaired) electrons. The van der Waals surface area contributed by atoms with E-state index in [-0.39, 0.29) is 5.56 Å². The van der Waals surface area contributed by atoms with Gasteiger partial charge in [-0.15, -0.1) is 0 Å². The number of hydrogen-bond acceptors (Lipinski definition) is 8. The third-order valence-electron chi connectivity index (χ3n) is 7.16. The highest BCUT2D eigenvalue weighted by Gasteiger charge is 2.33. The second-order valence-electron chi connectivity index (χ2n) is 9.36. The first-order valence-corrected chi connectivity index (χ1v) is 14.2. The Morgan fingerprint density at radius 1 is 1.12 bits per heavy atom. The lowest BCUT2D eigenvalue weighted by molar-refractivity contribution is -0.386. The summed E-state index contributed by atoms with van der Waals surface area (Å²) in [6, 6.07) is 16.3. The van der Waals surface area contributed by atoms with Gasteiger partial charge in [-0.05, 0) is 82.0 Å². The number of phenolic OH excluding ortho intramolecular Hbond substituents is 1. The smallest absolute Gasteiger partial charge is 0.312 e. The van der Waals surface area contributed by atoms with Gasteiger partial charge in [-0.2, -0.15) is 0 Å².